The Morgan fingerprint density at radius 2 is 1.77 bits per heavy atom. The molecule has 2 rings (SSSR count). The highest BCUT2D eigenvalue weighted by Gasteiger charge is 2.09. The number of hydrogen-bond donors (Lipinski definition) is 1. The van der Waals surface area contributed by atoms with E-state index >= 15 is 0 Å². The number of aryl methyl sites for hydroxylation is 1. The van der Waals surface area contributed by atoms with E-state index in [1.807, 2.05) is 24.3 Å². The number of ether oxygens (including phenoxy) is 3. The zero-order chi connectivity index (χ0) is 19.1. The minimum Gasteiger partial charge on any atom is -0.497 e. The molecule has 140 valence electrons. The number of amides is 1. The van der Waals surface area contributed by atoms with Gasteiger partial charge in [0.15, 0.2) is 6.61 Å². The summed E-state index contributed by atoms with van der Waals surface area (Å²) in [5.74, 6) is 2.36. The molecule has 1 amide bonds. The minimum atomic E-state index is -0.187. The van der Waals surface area contributed by atoms with Gasteiger partial charge in [-0.2, -0.15) is 0 Å². The second-order valence-electron chi connectivity index (χ2n) is 6.42. The van der Waals surface area contributed by atoms with Crippen LogP contribution in [0.4, 0.5) is 0 Å². The molecule has 2 aromatic rings. The molecule has 1 N–H and O–H groups in total. The van der Waals surface area contributed by atoms with Gasteiger partial charge < -0.3 is 19.5 Å². The Bertz CT molecular complexity index is 756. The molecule has 0 aliphatic carbocycles. The number of nitrogens with one attached hydrogen (secondary N) is 1. The van der Waals surface area contributed by atoms with Gasteiger partial charge in [-0.15, -0.1) is 0 Å². The van der Waals surface area contributed by atoms with E-state index in [0.717, 1.165) is 5.56 Å². The van der Waals surface area contributed by atoms with Crippen molar-refractivity contribution in [2.75, 3.05) is 20.8 Å². The third kappa shape index (κ3) is 5.15. The second-order valence-corrected chi connectivity index (χ2v) is 6.42. The lowest BCUT2D eigenvalue weighted by Gasteiger charge is -2.13. The van der Waals surface area contributed by atoms with E-state index in [1.165, 1.54) is 11.1 Å². The highest BCUT2D eigenvalue weighted by molar-refractivity contribution is 5.77. The number of benzene rings is 2. The van der Waals surface area contributed by atoms with Gasteiger partial charge in [-0.05, 0) is 48.2 Å². The molecule has 0 unspecified atom stereocenters. The molecule has 0 fully saturated rings. The van der Waals surface area contributed by atoms with Crippen LogP contribution in [0.25, 0.3) is 0 Å². The van der Waals surface area contributed by atoms with E-state index in [4.69, 9.17) is 14.2 Å². The van der Waals surface area contributed by atoms with Gasteiger partial charge in [0.2, 0.25) is 0 Å². The van der Waals surface area contributed by atoms with Crippen molar-refractivity contribution in [1.82, 2.24) is 5.32 Å². The lowest BCUT2D eigenvalue weighted by atomic mass is 9.98. The van der Waals surface area contributed by atoms with E-state index in [1.54, 1.807) is 20.3 Å². The molecule has 0 aliphatic heterocycles. The summed E-state index contributed by atoms with van der Waals surface area (Å²) in [6.07, 6.45) is 0. The maximum Gasteiger partial charge on any atom is 0.258 e. The first-order chi connectivity index (χ1) is 12.4. The summed E-state index contributed by atoms with van der Waals surface area (Å²) in [6.45, 7) is 6.70. The van der Waals surface area contributed by atoms with Crippen LogP contribution in [-0.2, 0) is 11.3 Å². The van der Waals surface area contributed by atoms with E-state index < -0.39 is 0 Å². The summed E-state index contributed by atoms with van der Waals surface area (Å²) in [5.41, 5.74) is 3.33. The average molecular weight is 357 g/mol. The molecule has 5 nitrogen and oxygen atoms in total. The van der Waals surface area contributed by atoms with Gasteiger partial charge in [0.25, 0.3) is 5.91 Å². The molecule has 0 atom stereocenters. The molecule has 0 aromatic heterocycles. The van der Waals surface area contributed by atoms with Gasteiger partial charge in [0.1, 0.15) is 17.2 Å². The van der Waals surface area contributed by atoms with Crippen molar-refractivity contribution >= 4 is 5.91 Å². The zero-order valence-electron chi connectivity index (χ0n) is 16.1. The van der Waals surface area contributed by atoms with Crippen molar-refractivity contribution in [3.05, 3.63) is 53.1 Å². The van der Waals surface area contributed by atoms with E-state index in [-0.39, 0.29) is 12.5 Å². The van der Waals surface area contributed by atoms with Crippen LogP contribution in [0, 0.1) is 6.92 Å². The predicted octanol–water partition coefficient (Wildman–Crippen LogP) is 3.83. The highest BCUT2D eigenvalue weighted by atomic mass is 16.5. The van der Waals surface area contributed by atoms with Crippen LogP contribution in [0.5, 0.6) is 17.2 Å². The van der Waals surface area contributed by atoms with Crippen LogP contribution in [0.3, 0.4) is 0 Å². The third-order valence-electron chi connectivity index (χ3n) is 4.20. The molecular weight excluding hydrogens is 330 g/mol. The van der Waals surface area contributed by atoms with Gasteiger partial charge in [-0.1, -0.05) is 19.9 Å². The second kappa shape index (κ2) is 9.13. The molecule has 0 heterocycles. The Morgan fingerprint density at radius 1 is 1.04 bits per heavy atom. The molecule has 0 saturated carbocycles. The van der Waals surface area contributed by atoms with Gasteiger partial charge >= 0.3 is 0 Å². The maximum atomic E-state index is 12.1. The van der Waals surface area contributed by atoms with Crippen molar-refractivity contribution in [3.63, 3.8) is 0 Å². The predicted molar refractivity (Wildman–Crippen MR) is 102 cm³/mol. The van der Waals surface area contributed by atoms with Crippen LogP contribution < -0.4 is 19.5 Å². The molecule has 2 aromatic carbocycles. The summed E-state index contributed by atoms with van der Waals surface area (Å²) >= 11 is 0. The first-order valence-corrected chi connectivity index (χ1v) is 8.65. The van der Waals surface area contributed by atoms with Crippen LogP contribution in [0.15, 0.2) is 36.4 Å². The lowest BCUT2D eigenvalue weighted by molar-refractivity contribution is -0.123. The Hall–Kier alpha value is -2.69. The molecule has 0 radical (unpaired) electrons. The molecule has 0 saturated heterocycles. The van der Waals surface area contributed by atoms with Gasteiger partial charge in [0.05, 0.1) is 14.2 Å². The average Bonchev–Trinajstić information content (AvgIpc) is 2.64. The number of carbonyl (C=O) groups is 1. The number of carbonyl (C=O) groups excluding carboxylic acids is 1. The summed E-state index contributed by atoms with van der Waals surface area (Å²) in [7, 11) is 3.19. The summed E-state index contributed by atoms with van der Waals surface area (Å²) in [6, 6.07) is 11.4. The van der Waals surface area contributed by atoms with Gasteiger partial charge in [-0.25, -0.2) is 0 Å². The van der Waals surface area contributed by atoms with Crippen LogP contribution in [0.1, 0.15) is 36.5 Å². The van der Waals surface area contributed by atoms with Crippen LogP contribution in [-0.4, -0.2) is 26.7 Å². The van der Waals surface area contributed by atoms with Gasteiger partial charge in [-0.3, -0.25) is 4.79 Å². The zero-order valence-corrected chi connectivity index (χ0v) is 16.1. The fraction of sp³-hybridized carbons (Fsp3) is 0.381. The fourth-order valence-corrected chi connectivity index (χ4v) is 2.78. The monoisotopic (exact) mass is 357 g/mol. The van der Waals surface area contributed by atoms with Crippen LogP contribution >= 0.6 is 0 Å². The summed E-state index contributed by atoms with van der Waals surface area (Å²) < 4.78 is 16.1. The van der Waals surface area contributed by atoms with Crippen LogP contribution in [0.2, 0.25) is 0 Å². The quantitative estimate of drug-likeness (QED) is 0.780. The van der Waals surface area contributed by atoms with E-state index in [2.05, 4.69) is 32.2 Å². The molecule has 0 bridgehead atoms. The first kappa shape index (κ1) is 19.6. The van der Waals surface area contributed by atoms with E-state index in [9.17, 15) is 4.79 Å². The SMILES string of the molecule is COc1ccc(CNC(=O)COc2ccc(C(C)C)c(C)c2)c(OC)c1. The van der Waals surface area contributed by atoms with Crippen molar-refractivity contribution in [2.45, 2.75) is 33.2 Å². The molecular formula is C21H27NO4. The Morgan fingerprint density at radius 3 is 2.38 bits per heavy atom. The highest BCUT2D eigenvalue weighted by Crippen LogP contribution is 2.25. The lowest BCUT2D eigenvalue weighted by Crippen LogP contribution is -2.28. The topological polar surface area (TPSA) is 56.8 Å². The molecule has 0 aliphatic rings. The Labute approximate surface area is 155 Å². The number of rotatable bonds is 8. The largest absolute Gasteiger partial charge is 0.497 e. The third-order valence-corrected chi connectivity index (χ3v) is 4.20. The Kier molecular flexibility index (Phi) is 6.89. The van der Waals surface area contributed by atoms with Crippen molar-refractivity contribution < 1.29 is 19.0 Å². The first-order valence-electron chi connectivity index (χ1n) is 8.65. The normalized spacial score (nSPS) is 10.5. The Balaban J connectivity index is 1.89. The maximum absolute atomic E-state index is 12.1. The minimum absolute atomic E-state index is 0.0288. The van der Waals surface area contributed by atoms with Crippen molar-refractivity contribution in [2.24, 2.45) is 0 Å². The fourth-order valence-electron chi connectivity index (χ4n) is 2.78. The molecule has 5 heteroatoms. The number of hydrogen-bond acceptors (Lipinski definition) is 4. The molecule has 0 spiro atoms. The van der Waals surface area contributed by atoms with Crippen molar-refractivity contribution in [3.8, 4) is 17.2 Å². The van der Waals surface area contributed by atoms with E-state index in [0.29, 0.717) is 29.7 Å². The number of methoxy groups -OCH3 is 2. The van der Waals surface area contributed by atoms with Crippen molar-refractivity contribution in [1.29, 1.82) is 0 Å². The smallest absolute Gasteiger partial charge is 0.258 e. The standard InChI is InChI=1S/C21H27NO4/c1-14(2)19-9-8-18(10-15(19)3)26-13-21(23)22-12-16-6-7-17(24-4)11-20(16)25-5/h6-11,14H,12-13H2,1-5H3,(H,22,23). The summed E-state index contributed by atoms with van der Waals surface area (Å²) in [5, 5.41) is 2.84. The molecule has 26 heavy (non-hydrogen) atoms. The van der Waals surface area contributed by atoms with Gasteiger partial charge in [0, 0.05) is 18.2 Å². The summed E-state index contributed by atoms with van der Waals surface area (Å²) in [4.78, 5) is 12.1.